The second kappa shape index (κ2) is 14.4. The molecule has 0 saturated carbocycles. The molecule has 4 heterocycles. The molecule has 0 N–H and O–H groups in total. The maximum atomic E-state index is 9.11. The van der Waals surface area contributed by atoms with Gasteiger partial charge in [-0.15, -0.1) is 65.4 Å². The fourth-order valence-electron chi connectivity index (χ4n) is 6.34. The van der Waals surface area contributed by atoms with Crippen LogP contribution in [0.5, 0.6) is 0 Å². The second-order valence-corrected chi connectivity index (χ2v) is 14.9. The standard InChI is InChI=1S/C33H30NOS.C12H10N.Ir/c1-19-9-7-10-20(2)29(19)27-16-28(34-18-23(27)17-33(4,5)6)26-12-8-11-24-25-14-13-22-15-21(3)36-32(22)31(25)35-30(24)26;1-10-7-8-12(13-9-10)11-5-3-2-4-6-11;/h7-11,13-16,18H,17H2,1-6H3;2-5,7-9H,1H3;/q2*-1;/i17D2;;. The molecule has 0 bridgehead atoms. The SMILES string of the molecule is Cc1ccc(-c2[c-]cccc2)nc1.[2H]C([2H])(c1cnc(-c2[c-]ccc3c2oc2c3ccc3cc(C)sc32)cc1-c1c(C)cccc1C)C(C)(C)C.[Ir]. The molecule has 0 spiro atoms. The molecule has 0 saturated heterocycles. The zero-order chi connectivity index (χ0) is 36.1. The Kier molecular flexibility index (Phi) is 9.47. The van der Waals surface area contributed by atoms with E-state index in [2.05, 4.69) is 80.4 Å². The van der Waals surface area contributed by atoms with Crippen molar-refractivity contribution in [3.05, 3.63) is 143 Å². The molecule has 253 valence electrons. The number of aryl methyl sites for hydroxylation is 4. The molecule has 50 heavy (non-hydrogen) atoms. The molecule has 0 aliphatic carbocycles. The third-order valence-electron chi connectivity index (χ3n) is 8.52. The molecule has 4 aromatic heterocycles. The Labute approximate surface area is 315 Å². The molecule has 0 amide bonds. The van der Waals surface area contributed by atoms with Gasteiger partial charge in [-0.25, -0.2) is 0 Å². The summed E-state index contributed by atoms with van der Waals surface area (Å²) in [6.07, 6.45) is 1.99. The number of benzene rings is 4. The van der Waals surface area contributed by atoms with Crippen LogP contribution in [0, 0.1) is 45.2 Å². The van der Waals surface area contributed by atoms with Crippen molar-refractivity contribution in [2.75, 3.05) is 0 Å². The molecule has 0 fully saturated rings. The molecule has 4 aromatic carbocycles. The van der Waals surface area contributed by atoms with Crippen LogP contribution >= 0.6 is 11.3 Å². The van der Waals surface area contributed by atoms with Crippen LogP contribution in [0.2, 0.25) is 0 Å². The van der Waals surface area contributed by atoms with Gasteiger partial charge in [0, 0.05) is 45.5 Å². The van der Waals surface area contributed by atoms with Gasteiger partial charge in [0.2, 0.25) is 0 Å². The summed E-state index contributed by atoms with van der Waals surface area (Å²) in [5.74, 6) is 0. The molecule has 8 rings (SSSR count). The van der Waals surface area contributed by atoms with Crippen molar-refractivity contribution in [1.82, 2.24) is 9.97 Å². The van der Waals surface area contributed by atoms with Gasteiger partial charge in [-0.2, -0.15) is 0 Å². The summed E-state index contributed by atoms with van der Waals surface area (Å²) >= 11 is 1.75. The largest absolute Gasteiger partial charge is 0.499 e. The quantitative estimate of drug-likeness (QED) is 0.166. The van der Waals surface area contributed by atoms with Gasteiger partial charge in [-0.1, -0.05) is 80.3 Å². The number of hydrogen-bond acceptors (Lipinski definition) is 4. The maximum absolute atomic E-state index is 9.11. The van der Waals surface area contributed by atoms with Gasteiger partial charge < -0.3 is 14.4 Å². The molecule has 0 unspecified atom stereocenters. The van der Waals surface area contributed by atoms with E-state index < -0.39 is 11.8 Å². The summed E-state index contributed by atoms with van der Waals surface area (Å²) in [5.41, 5.74) is 10.5. The third kappa shape index (κ3) is 7.23. The molecular weight excluding hydrogens is 809 g/mol. The predicted octanol–water partition coefficient (Wildman–Crippen LogP) is 12.7. The minimum atomic E-state index is -1.60. The summed E-state index contributed by atoms with van der Waals surface area (Å²) in [6, 6.07) is 37.2. The van der Waals surface area contributed by atoms with Gasteiger partial charge in [-0.3, -0.25) is 0 Å². The molecule has 1 radical (unpaired) electrons. The molecule has 3 nitrogen and oxygen atoms in total. The summed E-state index contributed by atoms with van der Waals surface area (Å²) in [6.45, 7) is 14.1. The van der Waals surface area contributed by atoms with Crippen LogP contribution in [-0.2, 0) is 26.5 Å². The topological polar surface area (TPSA) is 38.9 Å². The molecular formula is C45H40IrN2OS-2. The minimum Gasteiger partial charge on any atom is -0.499 e. The van der Waals surface area contributed by atoms with Crippen molar-refractivity contribution >= 4 is 43.4 Å². The normalized spacial score (nSPS) is 12.3. The monoisotopic (exact) mass is 851 g/mol. The van der Waals surface area contributed by atoms with Crippen LogP contribution in [0.25, 0.3) is 65.7 Å². The van der Waals surface area contributed by atoms with Crippen molar-refractivity contribution in [2.24, 2.45) is 5.41 Å². The first kappa shape index (κ1) is 32.8. The fraction of sp³-hybridized carbons (Fsp3) is 0.200. The second-order valence-electron chi connectivity index (χ2n) is 13.7. The third-order valence-corrected chi connectivity index (χ3v) is 9.59. The molecule has 5 heteroatoms. The molecule has 8 aromatic rings. The average Bonchev–Trinajstić information content (AvgIpc) is 3.68. The summed E-state index contributed by atoms with van der Waals surface area (Å²) in [4.78, 5) is 10.4. The Bertz CT molecular complexity index is 2510. The Morgan fingerprint density at radius 3 is 2.22 bits per heavy atom. The summed E-state index contributed by atoms with van der Waals surface area (Å²) < 4.78 is 25.9. The van der Waals surface area contributed by atoms with Gasteiger partial charge in [0.25, 0.3) is 0 Å². The first-order valence-corrected chi connectivity index (χ1v) is 17.4. The average molecular weight is 851 g/mol. The van der Waals surface area contributed by atoms with E-state index in [0.29, 0.717) is 5.56 Å². The number of furan rings is 1. The summed E-state index contributed by atoms with van der Waals surface area (Å²) in [5, 5.41) is 3.31. The van der Waals surface area contributed by atoms with Crippen molar-refractivity contribution in [2.45, 2.75) is 54.8 Å². The smallest absolute Gasteiger partial charge is 0.138 e. The van der Waals surface area contributed by atoms with Gasteiger partial charge in [0.1, 0.15) is 5.58 Å². The van der Waals surface area contributed by atoms with Gasteiger partial charge in [0.05, 0.1) is 10.3 Å². The van der Waals surface area contributed by atoms with E-state index in [1.165, 1.54) is 15.8 Å². The van der Waals surface area contributed by atoms with Crippen molar-refractivity contribution in [3.63, 3.8) is 0 Å². The van der Waals surface area contributed by atoms with Crippen molar-refractivity contribution < 1.29 is 27.3 Å². The van der Waals surface area contributed by atoms with E-state index in [1.807, 2.05) is 82.4 Å². The van der Waals surface area contributed by atoms with Gasteiger partial charge >= 0.3 is 0 Å². The number of pyridine rings is 2. The van der Waals surface area contributed by atoms with Crippen LogP contribution in [0.15, 0.2) is 108 Å². The number of aromatic nitrogens is 2. The molecule has 0 aliphatic heterocycles. The van der Waals surface area contributed by atoms with Gasteiger partial charge in [0.15, 0.2) is 0 Å². The summed E-state index contributed by atoms with van der Waals surface area (Å²) in [7, 11) is 0. The van der Waals surface area contributed by atoms with E-state index in [0.717, 1.165) is 71.4 Å². The van der Waals surface area contributed by atoms with Crippen LogP contribution in [-0.4, -0.2) is 9.97 Å². The number of rotatable bonds is 4. The Hall–Kier alpha value is -4.41. The van der Waals surface area contributed by atoms with Gasteiger partial charge in [-0.05, 0) is 95.7 Å². The number of nitrogens with zero attached hydrogens (tertiary/aromatic N) is 2. The zero-order valence-electron chi connectivity index (χ0n) is 31.4. The number of thiophene rings is 1. The zero-order valence-corrected chi connectivity index (χ0v) is 32.6. The maximum Gasteiger partial charge on any atom is 0.138 e. The molecule has 0 aliphatic rings. The Morgan fingerprint density at radius 1 is 0.760 bits per heavy atom. The van der Waals surface area contributed by atoms with E-state index in [9.17, 15) is 0 Å². The Balaban J connectivity index is 0.000000279. The number of fused-ring (bicyclic) bond motifs is 5. The van der Waals surface area contributed by atoms with Crippen molar-refractivity contribution in [3.8, 4) is 33.6 Å². The van der Waals surface area contributed by atoms with E-state index in [4.69, 9.17) is 12.1 Å². The first-order chi connectivity index (χ1) is 24.3. The fourth-order valence-corrected chi connectivity index (χ4v) is 7.33. The Morgan fingerprint density at radius 2 is 1.52 bits per heavy atom. The van der Waals surface area contributed by atoms with E-state index >= 15 is 0 Å². The van der Waals surface area contributed by atoms with E-state index in [-0.39, 0.29) is 20.1 Å². The number of hydrogen-bond donors (Lipinski definition) is 0. The van der Waals surface area contributed by atoms with Crippen molar-refractivity contribution in [1.29, 1.82) is 0 Å². The van der Waals surface area contributed by atoms with Crippen LogP contribution in [0.3, 0.4) is 0 Å². The minimum absolute atomic E-state index is 0. The van der Waals surface area contributed by atoms with Crippen LogP contribution < -0.4 is 0 Å². The van der Waals surface area contributed by atoms with Crippen LogP contribution in [0.1, 0.15) is 50.6 Å². The van der Waals surface area contributed by atoms with E-state index in [1.54, 1.807) is 17.5 Å². The van der Waals surface area contributed by atoms with Crippen LogP contribution in [0.4, 0.5) is 0 Å². The molecule has 0 atom stereocenters. The first-order valence-electron chi connectivity index (χ1n) is 17.6. The predicted molar refractivity (Wildman–Crippen MR) is 207 cm³/mol.